The van der Waals surface area contributed by atoms with Gasteiger partial charge in [-0.3, -0.25) is 0 Å². The van der Waals surface area contributed by atoms with Gasteiger partial charge in [-0.25, -0.2) is 12.9 Å². The second-order valence-electron chi connectivity index (χ2n) is 8.30. The predicted molar refractivity (Wildman–Crippen MR) is 122 cm³/mol. The van der Waals surface area contributed by atoms with Crippen LogP contribution in [0.15, 0.2) is 53.4 Å². The molecule has 7 nitrogen and oxygen atoms in total. The average molecular weight is 463 g/mol. The Morgan fingerprint density at radius 1 is 1.03 bits per heavy atom. The van der Waals surface area contributed by atoms with Crippen molar-refractivity contribution in [1.29, 1.82) is 0 Å². The first kappa shape index (κ1) is 24.1. The Hall–Kier alpha value is -2.58. The summed E-state index contributed by atoms with van der Waals surface area (Å²) in [4.78, 5) is 12.4. The number of rotatable bonds is 9. The molecule has 0 aromatic heterocycles. The van der Waals surface area contributed by atoms with Crippen molar-refractivity contribution in [3.05, 3.63) is 54.1 Å². The summed E-state index contributed by atoms with van der Waals surface area (Å²) < 4.78 is 36.9. The van der Waals surface area contributed by atoms with E-state index in [1.54, 1.807) is 43.5 Å². The fourth-order valence-corrected chi connectivity index (χ4v) is 5.83. The van der Waals surface area contributed by atoms with E-state index >= 15 is 0 Å². The number of ether oxygens (including phenoxy) is 2. The van der Waals surface area contributed by atoms with E-state index in [0.717, 1.165) is 18.4 Å². The molecule has 2 aromatic rings. The van der Waals surface area contributed by atoms with E-state index in [-0.39, 0.29) is 22.5 Å². The molecule has 0 aliphatic carbocycles. The Balaban J connectivity index is 1.68. The molecule has 0 radical (unpaired) electrons. The van der Waals surface area contributed by atoms with Gasteiger partial charge >= 0.3 is 6.09 Å². The van der Waals surface area contributed by atoms with Gasteiger partial charge in [0.2, 0.25) is 0 Å². The van der Waals surface area contributed by atoms with Gasteiger partial charge in [0.05, 0.1) is 37.0 Å². The Labute approximate surface area is 190 Å². The minimum Gasteiger partial charge on any atom is -0.497 e. The predicted octanol–water partition coefficient (Wildman–Crippen LogP) is 4.51. The zero-order valence-corrected chi connectivity index (χ0v) is 19.5. The maximum atomic E-state index is 13.2. The highest BCUT2D eigenvalue weighted by Crippen LogP contribution is 2.31. The van der Waals surface area contributed by atoms with E-state index in [4.69, 9.17) is 9.47 Å². The number of likely N-dealkylation sites (tertiary alicyclic amines) is 1. The quantitative estimate of drug-likeness (QED) is 0.436. The van der Waals surface area contributed by atoms with Gasteiger partial charge < -0.3 is 14.6 Å². The molecule has 1 heterocycles. The van der Waals surface area contributed by atoms with Crippen LogP contribution in [0, 0.1) is 0 Å². The molecule has 1 fully saturated rings. The Bertz CT molecular complexity index is 994. The average Bonchev–Trinajstić information content (AvgIpc) is 2.80. The zero-order chi connectivity index (χ0) is 23.2. The number of piperidine rings is 1. The van der Waals surface area contributed by atoms with Crippen LogP contribution in [-0.2, 0) is 16.4 Å². The third-order valence-corrected chi connectivity index (χ3v) is 8.44. The maximum absolute atomic E-state index is 13.2. The first-order chi connectivity index (χ1) is 15.3. The lowest BCUT2D eigenvalue weighted by Crippen LogP contribution is -2.57. The highest BCUT2D eigenvalue weighted by molar-refractivity contribution is 7.92. The minimum atomic E-state index is -3.54. The number of hydrogen-bond acceptors (Lipinski definition) is 5. The Morgan fingerprint density at radius 3 is 2.16 bits per heavy atom. The summed E-state index contributed by atoms with van der Waals surface area (Å²) in [6.45, 7) is 3.54. The number of carbonyl (C=O) groups is 1. The van der Waals surface area contributed by atoms with Gasteiger partial charge in [0.1, 0.15) is 18.0 Å². The van der Waals surface area contributed by atoms with Crippen molar-refractivity contribution >= 4 is 15.9 Å². The molecule has 1 amide bonds. The fourth-order valence-electron chi connectivity index (χ4n) is 4.10. The largest absolute Gasteiger partial charge is 0.513 e. The van der Waals surface area contributed by atoms with Crippen LogP contribution in [0.25, 0.3) is 0 Å². The summed E-state index contributed by atoms with van der Waals surface area (Å²) in [7, 11) is -1.95. The van der Waals surface area contributed by atoms with Crippen molar-refractivity contribution in [3.8, 4) is 11.5 Å². The molecule has 174 valence electrons. The molecule has 1 aliphatic rings. The minimum absolute atomic E-state index is 0.164. The van der Waals surface area contributed by atoms with Crippen molar-refractivity contribution in [1.82, 2.24) is 0 Å². The van der Waals surface area contributed by atoms with E-state index in [9.17, 15) is 18.3 Å². The summed E-state index contributed by atoms with van der Waals surface area (Å²) in [5.74, 6) is 1.37. The van der Waals surface area contributed by atoms with E-state index in [0.29, 0.717) is 37.5 Å². The van der Waals surface area contributed by atoms with Crippen LogP contribution in [0.1, 0.15) is 38.2 Å². The van der Waals surface area contributed by atoms with Crippen LogP contribution >= 0.6 is 0 Å². The molecule has 2 aromatic carbocycles. The molecule has 8 heteroatoms. The molecule has 0 bridgehead atoms. The second kappa shape index (κ2) is 10.4. The molecule has 0 atom stereocenters. The lowest BCUT2D eigenvalue weighted by molar-refractivity contribution is -0.875. The van der Waals surface area contributed by atoms with Crippen molar-refractivity contribution in [2.45, 2.75) is 49.3 Å². The van der Waals surface area contributed by atoms with Crippen molar-refractivity contribution in [2.24, 2.45) is 0 Å². The number of methoxy groups -OCH3 is 1. The molecule has 1 aliphatic heterocycles. The molecular weight excluding hydrogens is 430 g/mol. The fraction of sp³-hybridized carbons (Fsp3) is 0.458. The summed E-state index contributed by atoms with van der Waals surface area (Å²) in [5, 5.41) is 9.37. The van der Waals surface area contributed by atoms with Crippen LogP contribution in [-0.4, -0.2) is 56.2 Å². The molecule has 3 rings (SSSR count). The third kappa shape index (κ3) is 5.42. The van der Waals surface area contributed by atoms with E-state index in [1.165, 1.54) is 0 Å². The number of amides is 1. The van der Waals surface area contributed by atoms with Crippen molar-refractivity contribution in [2.75, 3.05) is 26.8 Å². The van der Waals surface area contributed by atoms with Crippen LogP contribution in [0.4, 0.5) is 4.79 Å². The third-order valence-electron chi connectivity index (χ3n) is 6.17. The summed E-state index contributed by atoms with van der Waals surface area (Å²) in [6.07, 6.45) is 1.66. The van der Waals surface area contributed by atoms with Gasteiger partial charge in [-0.2, -0.15) is 4.79 Å². The number of unbranched alkanes of at least 4 members (excludes halogenated alkanes) is 1. The Morgan fingerprint density at radius 2 is 1.62 bits per heavy atom. The van der Waals surface area contributed by atoms with Gasteiger partial charge in [-0.05, 0) is 55.0 Å². The van der Waals surface area contributed by atoms with E-state index < -0.39 is 21.2 Å². The molecule has 1 saturated heterocycles. The van der Waals surface area contributed by atoms with Crippen LogP contribution in [0.2, 0.25) is 0 Å². The molecule has 1 N–H and O–H groups in total. The topological polar surface area (TPSA) is 89.9 Å². The van der Waals surface area contributed by atoms with Crippen LogP contribution in [0.3, 0.4) is 0 Å². The van der Waals surface area contributed by atoms with Gasteiger partial charge in [-0.15, -0.1) is 0 Å². The number of quaternary nitrogens is 1. The monoisotopic (exact) mass is 462 g/mol. The number of sulfone groups is 1. The van der Waals surface area contributed by atoms with Gasteiger partial charge in [0, 0.05) is 18.4 Å². The first-order valence-corrected chi connectivity index (χ1v) is 12.5. The lowest BCUT2D eigenvalue weighted by Gasteiger charge is -2.38. The first-order valence-electron chi connectivity index (χ1n) is 11.0. The van der Waals surface area contributed by atoms with Crippen molar-refractivity contribution in [3.63, 3.8) is 0 Å². The number of benzene rings is 2. The highest BCUT2D eigenvalue weighted by atomic mass is 32.2. The molecule has 0 spiro atoms. The maximum Gasteiger partial charge on any atom is 0.513 e. The molecule has 32 heavy (non-hydrogen) atoms. The van der Waals surface area contributed by atoms with E-state index in [1.807, 2.05) is 12.1 Å². The standard InChI is InChI=1S/C24H31NO6S/c1-3-4-17-31-21-9-11-22(12-10-21)32(28,29)23-13-15-25(16-14-23,24(26)27)18-19-5-7-20(30-2)8-6-19/h5-12,23H,3-4,13-18H2,1-2H3/p+1. The summed E-state index contributed by atoms with van der Waals surface area (Å²) >= 11 is 0. The zero-order valence-electron chi connectivity index (χ0n) is 18.7. The van der Waals surface area contributed by atoms with Gasteiger partial charge in [0.15, 0.2) is 9.84 Å². The van der Waals surface area contributed by atoms with Gasteiger partial charge in [0.25, 0.3) is 0 Å². The Kier molecular flexibility index (Phi) is 7.79. The molecule has 0 saturated carbocycles. The normalized spacial score (nSPS) is 21.1. The van der Waals surface area contributed by atoms with Gasteiger partial charge in [-0.1, -0.05) is 13.3 Å². The highest BCUT2D eigenvalue weighted by Gasteiger charge is 2.44. The SMILES string of the molecule is CCCCOc1ccc(S(=O)(=O)C2CC[N+](Cc3ccc(OC)cc3)(C(=O)O)CC2)cc1. The van der Waals surface area contributed by atoms with Crippen molar-refractivity contribution < 1.29 is 32.3 Å². The smallest absolute Gasteiger partial charge is 0.497 e. The molecular formula is C24H32NO6S+. The summed E-state index contributed by atoms with van der Waals surface area (Å²) in [5.41, 5.74) is 0.883. The van der Waals surface area contributed by atoms with E-state index in [2.05, 4.69) is 6.92 Å². The lowest BCUT2D eigenvalue weighted by atomic mass is 10.1. The van der Waals surface area contributed by atoms with Crippen LogP contribution < -0.4 is 9.47 Å². The second-order valence-corrected chi connectivity index (χ2v) is 10.5. The summed E-state index contributed by atoms with van der Waals surface area (Å²) in [6, 6.07) is 13.9. The number of carboxylic acid groups (broad SMARTS) is 1. The van der Waals surface area contributed by atoms with Crippen LogP contribution in [0.5, 0.6) is 11.5 Å². The number of hydrogen-bond donors (Lipinski definition) is 1. The molecule has 0 unspecified atom stereocenters. The number of nitrogens with zero attached hydrogens (tertiary/aromatic N) is 1.